The predicted octanol–water partition coefficient (Wildman–Crippen LogP) is 3.24. The zero-order valence-electron chi connectivity index (χ0n) is 15.0. The van der Waals surface area contributed by atoms with E-state index in [2.05, 4.69) is 9.13 Å². The Morgan fingerprint density at radius 2 is 1.09 bits per heavy atom. The van der Waals surface area contributed by atoms with E-state index in [9.17, 15) is 0 Å². The van der Waals surface area contributed by atoms with E-state index in [1.54, 1.807) is 0 Å². The minimum Gasteiger partial charge on any atom is -0.374 e. The van der Waals surface area contributed by atoms with E-state index in [4.69, 9.17) is 8.85 Å². The second-order valence-electron chi connectivity index (χ2n) is 8.14. The van der Waals surface area contributed by atoms with Gasteiger partial charge in [-0.3, -0.25) is 9.13 Å². The lowest BCUT2D eigenvalue weighted by Gasteiger charge is -2.48. The van der Waals surface area contributed by atoms with Gasteiger partial charge in [0.15, 0.2) is 0 Å². The van der Waals surface area contributed by atoms with Gasteiger partial charge in [0.1, 0.15) is 0 Å². The summed E-state index contributed by atoms with van der Waals surface area (Å²) in [6.07, 6.45) is 13.9. The lowest BCUT2D eigenvalue weighted by atomic mass is 9.85. The summed E-state index contributed by atoms with van der Waals surface area (Å²) in [5.41, 5.74) is 0. The summed E-state index contributed by atoms with van der Waals surface area (Å²) >= 11 is 0. The molecule has 132 valence electrons. The van der Waals surface area contributed by atoms with E-state index in [1.807, 2.05) is 14.2 Å². The van der Waals surface area contributed by atoms with Crippen LogP contribution in [0.2, 0.25) is 0 Å². The standard InChI is InChI=1S/C18H34N2O2Si/c1-21-23(22-2,19-13-11-15-7-3-5-9-17(15)19)20-14-12-16-8-4-6-10-18(16)20/h15-18H,3-14H2,1-2H3. The number of hydrogen-bond donors (Lipinski definition) is 0. The highest BCUT2D eigenvalue weighted by molar-refractivity contribution is 6.61. The van der Waals surface area contributed by atoms with Crippen molar-refractivity contribution in [2.24, 2.45) is 11.8 Å². The molecule has 4 aliphatic rings. The summed E-state index contributed by atoms with van der Waals surface area (Å²) in [6, 6.07) is 1.44. The number of fused-ring (bicyclic) bond motifs is 2. The smallest absolute Gasteiger partial charge is 0.374 e. The van der Waals surface area contributed by atoms with Crippen LogP contribution in [0.25, 0.3) is 0 Å². The molecule has 4 fully saturated rings. The third kappa shape index (κ3) is 2.63. The molecule has 0 aromatic rings. The summed E-state index contributed by atoms with van der Waals surface area (Å²) in [5, 5.41) is 0. The van der Waals surface area contributed by atoms with Crippen LogP contribution in [-0.4, -0.2) is 57.4 Å². The van der Waals surface area contributed by atoms with Crippen molar-refractivity contribution in [2.45, 2.75) is 76.3 Å². The molecule has 0 amide bonds. The van der Waals surface area contributed by atoms with Crippen molar-refractivity contribution in [3.8, 4) is 0 Å². The number of rotatable bonds is 4. The maximum atomic E-state index is 6.32. The van der Waals surface area contributed by atoms with Crippen molar-refractivity contribution in [3.05, 3.63) is 0 Å². The van der Waals surface area contributed by atoms with E-state index < -0.39 is 8.88 Å². The van der Waals surface area contributed by atoms with Crippen molar-refractivity contribution in [3.63, 3.8) is 0 Å². The van der Waals surface area contributed by atoms with E-state index in [-0.39, 0.29) is 0 Å². The van der Waals surface area contributed by atoms with Crippen LogP contribution in [-0.2, 0) is 8.85 Å². The van der Waals surface area contributed by atoms with Gasteiger partial charge in [0.25, 0.3) is 0 Å². The highest BCUT2D eigenvalue weighted by Crippen LogP contribution is 2.44. The molecule has 4 unspecified atom stereocenters. The van der Waals surface area contributed by atoms with Crippen LogP contribution in [0.1, 0.15) is 64.2 Å². The molecule has 2 aliphatic heterocycles. The molecule has 0 aromatic carbocycles. The molecule has 2 heterocycles. The molecule has 2 saturated carbocycles. The Hall–Kier alpha value is 0.0569. The van der Waals surface area contributed by atoms with Crippen molar-refractivity contribution in [1.82, 2.24) is 9.13 Å². The third-order valence-corrected chi connectivity index (χ3v) is 10.9. The summed E-state index contributed by atoms with van der Waals surface area (Å²) in [5.74, 6) is 1.79. The van der Waals surface area contributed by atoms with Crippen LogP contribution in [0.5, 0.6) is 0 Å². The van der Waals surface area contributed by atoms with Crippen LogP contribution in [0.15, 0.2) is 0 Å². The van der Waals surface area contributed by atoms with Crippen molar-refractivity contribution in [2.75, 3.05) is 27.3 Å². The van der Waals surface area contributed by atoms with Crippen LogP contribution >= 0.6 is 0 Å². The lowest BCUT2D eigenvalue weighted by Crippen LogP contribution is -2.71. The summed E-state index contributed by atoms with van der Waals surface area (Å²) < 4.78 is 18.1. The van der Waals surface area contributed by atoms with E-state index in [0.29, 0.717) is 0 Å². The molecular formula is C18H34N2O2Si. The Balaban J connectivity index is 1.61. The average Bonchev–Trinajstić information content (AvgIpc) is 3.23. The maximum absolute atomic E-state index is 6.32. The summed E-state index contributed by atoms with van der Waals surface area (Å²) in [4.78, 5) is 0. The van der Waals surface area contributed by atoms with Crippen LogP contribution in [0.3, 0.4) is 0 Å². The Morgan fingerprint density at radius 1 is 0.652 bits per heavy atom. The summed E-state index contributed by atoms with van der Waals surface area (Å²) in [6.45, 7) is 2.38. The minimum absolute atomic E-state index is 0.720. The second kappa shape index (κ2) is 6.75. The molecule has 4 atom stereocenters. The first kappa shape index (κ1) is 16.5. The normalized spacial score (nSPS) is 39.4. The molecule has 2 aliphatic carbocycles. The van der Waals surface area contributed by atoms with Crippen molar-refractivity contribution in [1.29, 1.82) is 0 Å². The number of hydrogen-bond acceptors (Lipinski definition) is 4. The number of nitrogens with zero attached hydrogens (tertiary/aromatic N) is 2. The quantitative estimate of drug-likeness (QED) is 0.735. The lowest BCUT2D eigenvalue weighted by molar-refractivity contribution is 0.0628. The molecule has 23 heavy (non-hydrogen) atoms. The molecular weight excluding hydrogens is 304 g/mol. The molecule has 0 bridgehead atoms. The maximum Gasteiger partial charge on any atom is 0.522 e. The molecule has 5 heteroatoms. The fourth-order valence-corrected chi connectivity index (χ4v) is 10.0. The molecule has 0 aromatic heterocycles. The van der Waals surface area contributed by atoms with Gasteiger partial charge in [0.2, 0.25) is 0 Å². The van der Waals surface area contributed by atoms with E-state index in [1.165, 1.54) is 77.3 Å². The zero-order chi connectivity index (χ0) is 15.9. The van der Waals surface area contributed by atoms with Gasteiger partial charge >= 0.3 is 8.88 Å². The summed E-state index contributed by atoms with van der Waals surface area (Å²) in [7, 11) is 1.41. The van der Waals surface area contributed by atoms with E-state index in [0.717, 1.165) is 23.9 Å². The van der Waals surface area contributed by atoms with Crippen LogP contribution in [0, 0.1) is 11.8 Å². The molecule has 0 spiro atoms. The Kier molecular flexibility index (Phi) is 4.85. The van der Waals surface area contributed by atoms with Crippen LogP contribution in [0.4, 0.5) is 0 Å². The van der Waals surface area contributed by atoms with Gasteiger partial charge in [-0.1, -0.05) is 25.7 Å². The SMILES string of the molecule is CO[Si](OC)(N1CCC2CCCCC21)N1CCC2CCCCC21. The van der Waals surface area contributed by atoms with Gasteiger partial charge in [-0.25, -0.2) is 0 Å². The Labute approximate surface area is 142 Å². The molecule has 0 radical (unpaired) electrons. The Morgan fingerprint density at radius 3 is 1.52 bits per heavy atom. The van der Waals surface area contributed by atoms with Gasteiger partial charge in [0.05, 0.1) is 0 Å². The highest BCUT2D eigenvalue weighted by Gasteiger charge is 2.60. The average molecular weight is 339 g/mol. The zero-order valence-corrected chi connectivity index (χ0v) is 16.0. The third-order valence-electron chi connectivity index (χ3n) is 7.28. The molecule has 4 nitrogen and oxygen atoms in total. The molecule has 2 saturated heterocycles. The monoisotopic (exact) mass is 338 g/mol. The van der Waals surface area contributed by atoms with Crippen LogP contribution < -0.4 is 0 Å². The van der Waals surface area contributed by atoms with Crippen molar-refractivity contribution >= 4 is 8.88 Å². The first-order chi connectivity index (χ1) is 11.3. The second-order valence-corrected chi connectivity index (χ2v) is 11.2. The fourth-order valence-electron chi connectivity index (χ4n) is 6.23. The molecule has 0 N–H and O–H groups in total. The van der Waals surface area contributed by atoms with Gasteiger partial charge in [-0.05, 0) is 63.5 Å². The predicted molar refractivity (Wildman–Crippen MR) is 93.9 cm³/mol. The highest BCUT2D eigenvalue weighted by atomic mass is 28.4. The van der Waals surface area contributed by atoms with E-state index >= 15 is 0 Å². The largest absolute Gasteiger partial charge is 0.522 e. The topological polar surface area (TPSA) is 24.9 Å². The first-order valence-electron chi connectivity index (χ1n) is 9.94. The first-order valence-corrected chi connectivity index (χ1v) is 11.6. The van der Waals surface area contributed by atoms with Gasteiger partial charge in [-0.15, -0.1) is 0 Å². The minimum atomic E-state index is -2.43. The van der Waals surface area contributed by atoms with Gasteiger partial charge < -0.3 is 8.85 Å². The van der Waals surface area contributed by atoms with Crippen molar-refractivity contribution < 1.29 is 8.85 Å². The fraction of sp³-hybridized carbons (Fsp3) is 1.00. The van der Waals surface area contributed by atoms with Gasteiger partial charge in [0, 0.05) is 26.3 Å². The Bertz CT molecular complexity index is 384. The molecule has 4 rings (SSSR count). The van der Waals surface area contributed by atoms with Gasteiger partial charge in [-0.2, -0.15) is 0 Å².